The Bertz CT molecular complexity index is 1330. The van der Waals surface area contributed by atoms with E-state index in [4.69, 9.17) is 14.1 Å². The van der Waals surface area contributed by atoms with Crippen LogP contribution >= 0.6 is 11.8 Å². The molecule has 0 bridgehead atoms. The van der Waals surface area contributed by atoms with Gasteiger partial charge in [0.25, 0.3) is 5.91 Å². The number of para-hydroxylation sites is 2. The standard InChI is InChI=1S/C24H25N3O4S/c1-15-12-23(29)31-21-13-16(8-9-17(15)21)30-14-22(28)25-19(10-11-32-3)24-26-18-6-4-5-7-20(18)27(24)2/h4-9,12-13,19H,10-11,14H2,1-3H3,(H,25,28)/t19-/m1/s1. The van der Waals surface area contributed by atoms with Crippen LogP contribution in [-0.4, -0.2) is 34.1 Å². The zero-order valence-corrected chi connectivity index (χ0v) is 19.1. The number of aromatic nitrogens is 2. The number of imidazole rings is 1. The van der Waals surface area contributed by atoms with Crippen molar-refractivity contribution in [2.24, 2.45) is 7.05 Å². The lowest BCUT2D eigenvalue weighted by Crippen LogP contribution is -2.34. The number of fused-ring (bicyclic) bond motifs is 2. The summed E-state index contributed by atoms with van der Waals surface area (Å²) >= 11 is 1.72. The summed E-state index contributed by atoms with van der Waals surface area (Å²) in [6.45, 7) is 1.70. The van der Waals surface area contributed by atoms with E-state index < -0.39 is 5.63 Å². The molecular weight excluding hydrogens is 426 g/mol. The van der Waals surface area contributed by atoms with Crippen LogP contribution in [0.1, 0.15) is 23.9 Å². The smallest absolute Gasteiger partial charge is 0.336 e. The first-order valence-electron chi connectivity index (χ1n) is 10.3. The molecule has 0 saturated heterocycles. The van der Waals surface area contributed by atoms with Gasteiger partial charge in [-0.1, -0.05) is 12.1 Å². The van der Waals surface area contributed by atoms with Gasteiger partial charge in [-0.25, -0.2) is 9.78 Å². The number of nitrogens with one attached hydrogen (secondary N) is 1. The highest BCUT2D eigenvalue weighted by atomic mass is 32.2. The predicted octanol–water partition coefficient (Wildman–Crippen LogP) is 3.98. The Morgan fingerprint density at radius 1 is 1.25 bits per heavy atom. The number of aryl methyl sites for hydroxylation is 2. The summed E-state index contributed by atoms with van der Waals surface area (Å²) in [5, 5.41) is 3.90. The summed E-state index contributed by atoms with van der Waals surface area (Å²) in [6.07, 6.45) is 2.79. The highest BCUT2D eigenvalue weighted by molar-refractivity contribution is 7.98. The number of benzene rings is 2. The van der Waals surface area contributed by atoms with Gasteiger partial charge in [0.1, 0.15) is 17.2 Å². The van der Waals surface area contributed by atoms with Crippen LogP contribution in [0.25, 0.3) is 22.0 Å². The van der Waals surface area contributed by atoms with Crippen LogP contribution in [-0.2, 0) is 11.8 Å². The maximum atomic E-state index is 12.7. The van der Waals surface area contributed by atoms with Gasteiger partial charge in [0.05, 0.1) is 17.1 Å². The first kappa shape index (κ1) is 22.0. The molecule has 0 saturated carbocycles. The van der Waals surface area contributed by atoms with E-state index in [1.54, 1.807) is 23.9 Å². The molecule has 2 heterocycles. The minimum Gasteiger partial charge on any atom is -0.484 e. The molecule has 166 valence electrons. The summed E-state index contributed by atoms with van der Waals surface area (Å²) in [7, 11) is 1.96. The second-order valence-corrected chi connectivity index (χ2v) is 8.60. The fourth-order valence-electron chi connectivity index (χ4n) is 3.76. The van der Waals surface area contributed by atoms with Gasteiger partial charge in [-0.15, -0.1) is 0 Å². The van der Waals surface area contributed by atoms with Gasteiger partial charge in [0.2, 0.25) is 0 Å². The fourth-order valence-corrected chi connectivity index (χ4v) is 4.23. The van der Waals surface area contributed by atoms with Gasteiger partial charge < -0.3 is 19.0 Å². The van der Waals surface area contributed by atoms with E-state index in [1.807, 2.05) is 55.1 Å². The molecule has 0 unspecified atom stereocenters. The van der Waals surface area contributed by atoms with E-state index in [2.05, 4.69) is 5.32 Å². The van der Waals surface area contributed by atoms with Gasteiger partial charge in [-0.2, -0.15) is 11.8 Å². The molecule has 0 aliphatic rings. The zero-order valence-electron chi connectivity index (χ0n) is 18.3. The molecule has 0 fully saturated rings. The highest BCUT2D eigenvalue weighted by Crippen LogP contribution is 2.24. The summed E-state index contributed by atoms with van der Waals surface area (Å²) in [4.78, 5) is 29.1. The molecule has 8 heteroatoms. The molecular formula is C24H25N3O4S. The van der Waals surface area contributed by atoms with Gasteiger partial charge in [-0.05, 0) is 55.2 Å². The SMILES string of the molecule is CSCC[C@@H](NC(=O)COc1ccc2c(C)cc(=O)oc2c1)c1nc2ccccc2n1C. The molecule has 1 atom stereocenters. The van der Waals surface area contributed by atoms with Crippen molar-refractivity contribution in [3.05, 3.63) is 70.3 Å². The molecule has 0 spiro atoms. The van der Waals surface area contributed by atoms with Crippen LogP contribution < -0.4 is 15.7 Å². The Hall–Kier alpha value is -3.26. The van der Waals surface area contributed by atoms with E-state index in [-0.39, 0.29) is 18.6 Å². The van der Waals surface area contributed by atoms with E-state index in [0.29, 0.717) is 11.3 Å². The minimum absolute atomic E-state index is 0.152. The molecule has 4 aromatic rings. The molecule has 2 aromatic heterocycles. The molecule has 32 heavy (non-hydrogen) atoms. The van der Waals surface area contributed by atoms with Crippen LogP contribution in [0.3, 0.4) is 0 Å². The van der Waals surface area contributed by atoms with E-state index in [1.165, 1.54) is 6.07 Å². The number of hydrogen-bond acceptors (Lipinski definition) is 6. The number of carbonyl (C=O) groups excluding carboxylic acids is 1. The normalized spacial score (nSPS) is 12.2. The van der Waals surface area contributed by atoms with Crippen molar-refractivity contribution < 1.29 is 13.9 Å². The number of rotatable bonds is 8. The molecule has 0 aliphatic carbocycles. The first-order chi connectivity index (χ1) is 15.5. The topological polar surface area (TPSA) is 86.4 Å². The molecule has 2 aromatic carbocycles. The van der Waals surface area contributed by atoms with Gasteiger partial charge in [0, 0.05) is 24.6 Å². The van der Waals surface area contributed by atoms with Crippen molar-refractivity contribution in [3.8, 4) is 5.75 Å². The third-order valence-electron chi connectivity index (χ3n) is 5.37. The number of nitrogens with zero attached hydrogens (tertiary/aromatic N) is 2. The van der Waals surface area contributed by atoms with Crippen LogP contribution in [0.15, 0.2) is 57.7 Å². The molecule has 1 N–H and O–H groups in total. The lowest BCUT2D eigenvalue weighted by atomic mass is 10.1. The summed E-state index contributed by atoms with van der Waals surface area (Å²) in [5.74, 6) is 1.92. The van der Waals surface area contributed by atoms with Crippen molar-refractivity contribution in [3.63, 3.8) is 0 Å². The van der Waals surface area contributed by atoms with Crippen LogP contribution in [0.5, 0.6) is 5.75 Å². The second-order valence-electron chi connectivity index (χ2n) is 7.61. The number of hydrogen-bond donors (Lipinski definition) is 1. The van der Waals surface area contributed by atoms with Crippen molar-refractivity contribution in [2.75, 3.05) is 18.6 Å². The number of thioether (sulfide) groups is 1. The van der Waals surface area contributed by atoms with Gasteiger partial charge >= 0.3 is 5.63 Å². The average molecular weight is 452 g/mol. The summed E-state index contributed by atoms with van der Waals surface area (Å²) < 4.78 is 13.0. The Morgan fingerprint density at radius 3 is 2.84 bits per heavy atom. The van der Waals surface area contributed by atoms with E-state index in [0.717, 1.165) is 40.0 Å². The van der Waals surface area contributed by atoms with Crippen LogP contribution in [0.2, 0.25) is 0 Å². The third kappa shape index (κ3) is 4.65. The largest absolute Gasteiger partial charge is 0.484 e. The Balaban J connectivity index is 1.48. The van der Waals surface area contributed by atoms with Crippen molar-refractivity contribution in [2.45, 2.75) is 19.4 Å². The quantitative estimate of drug-likeness (QED) is 0.408. The summed E-state index contributed by atoms with van der Waals surface area (Å²) in [6, 6.07) is 14.4. The number of amides is 1. The second kappa shape index (κ2) is 9.48. The molecule has 0 aliphatic heterocycles. The molecule has 1 amide bonds. The molecule has 7 nitrogen and oxygen atoms in total. The highest BCUT2D eigenvalue weighted by Gasteiger charge is 2.21. The third-order valence-corrected chi connectivity index (χ3v) is 6.02. The van der Waals surface area contributed by atoms with Crippen molar-refractivity contribution in [1.29, 1.82) is 0 Å². The first-order valence-corrected chi connectivity index (χ1v) is 11.7. The average Bonchev–Trinajstić information content (AvgIpc) is 3.11. The number of carbonyl (C=O) groups is 1. The van der Waals surface area contributed by atoms with Gasteiger partial charge in [-0.3, -0.25) is 4.79 Å². The predicted molar refractivity (Wildman–Crippen MR) is 127 cm³/mol. The van der Waals surface area contributed by atoms with Crippen molar-refractivity contribution in [1.82, 2.24) is 14.9 Å². The number of ether oxygens (including phenoxy) is 1. The minimum atomic E-state index is -0.413. The lowest BCUT2D eigenvalue weighted by Gasteiger charge is -2.18. The Kier molecular flexibility index (Phi) is 6.50. The van der Waals surface area contributed by atoms with Crippen LogP contribution in [0.4, 0.5) is 0 Å². The van der Waals surface area contributed by atoms with E-state index in [9.17, 15) is 9.59 Å². The van der Waals surface area contributed by atoms with Crippen molar-refractivity contribution >= 4 is 39.7 Å². The zero-order chi connectivity index (χ0) is 22.7. The maximum Gasteiger partial charge on any atom is 0.336 e. The van der Waals surface area contributed by atoms with Gasteiger partial charge in [0.15, 0.2) is 6.61 Å². The lowest BCUT2D eigenvalue weighted by molar-refractivity contribution is -0.123. The van der Waals surface area contributed by atoms with Crippen LogP contribution in [0, 0.1) is 6.92 Å². The summed E-state index contributed by atoms with van der Waals surface area (Å²) in [5.41, 5.74) is 2.78. The maximum absolute atomic E-state index is 12.7. The monoisotopic (exact) mass is 451 g/mol. The molecule has 0 radical (unpaired) electrons. The fraction of sp³-hybridized carbons (Fsp3) is 0.292. The van der Waals surface area contributed by atoms with E-state index >= 15 is 0 Å². The molecule has 4 rings (SSSR count). The Labute approximate surface area is 189 Å². The Morgan fingerprint density at radius 2 is 2.06 bits per heavy atom.